The van der Waals surface area contributed by atoms with Gasteiger partial charge in [-0.15, -0.1) is 0 Å². The Balaban J connectivity index is 0. The summed E-state index contributed by atoms with van der Waals surface area (Å²) in [5, 5.41) is 24.4. The summed E-state index contributed by atoms with van der Waals surface area (Å²) >= 11 is 0. The SMILES string of the molecule is CCCCCC(=O)O.O=C(O)CCCCC(=O)O. The molecule has 0 fully saturated rings. The summed E-state index contributed by atoms with van der Waals surface area (Å²) in [7, 11) is 0. The molecule has 0 unspecified atom stereocenters. The van der Waals surface area contributed by atoms with Gasteiger partial charge in [0.15, 0.2) is 0 Å². The maximum atomic E-state index is 9.90. The topological polar surface area (TPSA) is 112 Å². The molecule has 0 heterocycles. The zero-order valence-corrected chi connectivity index (χ0v) is 10.7. The highest BCUT2D eigenvalue weighted by atomic mass is 16.4. The van der Waals surface area contributed by atoms with Gasteiger partial charge in [0.25, 0.3) is 0 Å². The number of hydrogen-bond donors (Lipinski definition) is 3. The van der Waals surface area contributed by atoms with E-state index in [2.05, 4.69) is 6.92 Å². The minimum atomic E-state index is -0.870. The Hall–Kier alpha value is -1.59. The highest BCUT2D eigenvalue weighted by Crippen LogP contribution is 1.98. The summed E-state index contributed by atoms with van der Waals surface area (Å²) in [4.78, 5) is 29.7. The predicted octanol–water partition coefficient (Wildman–Crippen LogP) is 2.37. The number of unbranched alkanes of at least 4 members (excludes halogenated alkanes) is 3. The van der Waals surface area contributed by atoms with Crippen LogP contribution in [0, 0.1) is 0 Å². The lowest BCUT2D eigenvalue weighted by atomic mass is 10.2. The van der Waals surface area contributed by atoms with Gasteiger partial charge in [0.2, 0.25) is 0 Å². The molecule has 6 nitrogen and oxygen atoms in total. The molecule has 0 atom stereocenters. The van der Waals surface area contributed by atoms with Crippen molar-refractivity contribution in [3.63, 3.8) is 0 Å². The van der Waals surface area contributed by atoms with E-state index < -0.39 is 17.9 Å². The van der Waals surface area contributed by atoms with E-state index in [1.165, 1.54) is 0 Å². The zero-order chi connectivity index (χ0) is 14.4. The predicted molar refractivity (Wildman–Crippen MR) is 65.5 cm³/mol. The molecule has 0 aliphatic rings. The minimum Gasteiger partial charge on any atom is -0.481 e. The summed E-state index contributed by atoms with van der Waals surface area (Å²) < 4.78 is 0. The van der Waals surface area contributed by atoms with Crippen molar-refractivity contribution in [3.05, 3.63) is 0 Å². The summed E-state index contributed by atoms with van der Waals surface area (Å²) in [6, 6.07) is 0. The van der Waals surface area contributed by atoms with Crippen LogP contribution in [-0.2, 0) is 14.4 Å². The van der Waals surface area contributed by atoms with Crippen LogP contribution < -0.4 is 0 Å². The molecular formula is C12H22O6. The maximum absolute atomic E-state index is 9.90. The summed E-state index contributed by atoms with van der Waals surface area (Å²) in [5.74, 6) is -2.42. The van der Waals surface area contributed by atoms with Gasteiger partial charge in [0, 0.05) is 19.3 Å². The fourth-order valence-electron chi connectivity index (χ4n) is 1.08. The van der Waals surface area contributed by atoms with Gasteiger partial charge in [0.05, 0.1) is 0 Å². The number of hydrogen-bond acceptors (Lipinski definition) is 3. The third kappa shape index (κ3) is 23.9. The molecule has 0 aliphatic carbocycles. The summed E-state index contributed by atoms with van der Waals surface area (Å²) in [6.07, 6.45) is 4.29. The van der Waals surface area contributed by atoms with E-state index in [1.807, 2.05) is 0 Å². The summed E-state index contributed by atoms with van der Waals surface area (Å²) in [5.41, 5.74) is 0. The van der Waals surface area contributed by atoms with Crippen molar-refractivity contribution in [2.45, 2.75) is 58.3 Å². The van der Waals surface area contributed by atoms with E-state index in [4.69, 9.17) is 15.3 Å². The number of carboxylic acids is 3. The van der Waals surface area contributed by atoms with Gasteiger partial charge >= 0.3 is 17.9 Å². The van der Waals surface area contributed by atoms with Gasteiger partial charge in [-0.2, -0.15) is 0 Å². The second kappa shape index (κ2) is 13.5. The number of carbonyl (C=O) groups is 3. The quantitative estimate of drug-likeness (QED) is 0.550. The average Bonchev–Trinajstić information content (AvgIpc) is 2.25. The van der Waals surface area contributed by atoms with Crippen LogP contribution in [-0.4, -0.2) is 33.2 Å². The Morgan fingerprint density at radius 1 is 0.667 bits per heavy atom. The standard InChI is InChI=1S/C6H10O4.C6H12O2/c7-5(8)3-1-2-4-6(9)10;1-2-3-4-5-6(7)8/h1-4H2,(H,7,8)(H,9,10);2-5H2,1H3,(H,7,8). The van der Waals surface area contributed by atoms with E-state index in [1.54, 1.807) is 0 Å². The molecule has 0 rings (SSSR count). The van der Waals surface area contributed by atoms with Crippen LogP contribution >= 0.6 is 0 Å². The molecule has 106 valence electrons. The second-order valence-electron chi connectivity index (χ2n) is 3.85. The molecular weight excluding hydrogens is 240 g/mol. The zero-order valence-electron chi connectivity index (χ0n) is 10.7. The van der Waals surface area contributed by atoms with Crippen molar-refractivity contribution in [3.8, 4) is 0 Å². The van der Waals surface area contributed by atoms with E-state index in [9.17, 15) is 14.4 Å². The average molecular weight is 262 g/mol. The molecule has 0 aromatic rings. The van der Waals surface area contributed by atoms with Crippen LogP contribution in [0.3, 0.4) is 0 Å². The van der Waals surface area contributed by atoms with Crippen LogP contribution in [0.1, 0.15) is 58.3 Å². The smallest absolute Gasteiger partial charge is 0.303 e. The van der Waals surface area contributed by atoms with Gasteiger partial charge in [-0.3, -0.25) is 14.4 Å². The Morgan fingerprint density at radius 3 is 1.17 bits per heavy atom. The van der Waals surface area contributed by atoms with Crippen LogP contribution in [0.4, 0.5) is 0 Å². The third-order valence-electron chi connectivity index (χ3n) is 2.03. The molecule has 3 N–H and O–H groups in total. The molecule has 18 heavy (non-hydrogen) atoms. The molecule has 0 aromatic carbocycles. The van der Waals surface area contributed by atoms with Gasteiger partial charge in [-0.1, -0.05) is 19.8 Å². The largest absolute Gasteiger partial charge is 0.481 e. The fourth-order valence-corrected chi connectivity index (χ4v) is 1.08. The molecule has 0 aromatic heterocycles. The highest BCUT2D eigenvalue weighted by molar-refractivity contribution is 5.68. The first-order valence-corrected chi connectivity index (χ1v) is 6.05. The van der Waals surface area contributed by atoms with E-state index in [-0.39, 0.29) is 12.8 Å². The molecule has 0 bridgehead atoms. The Kier molecular flexibility index (Phi) is 14.0. The molecule has 0 saturated heterocycles. The molecule has 0 spiro atoms. The Labute approximate surface area is 107 Å². The Morgan fingerprint density at radius 2 is 0.944 bits per heavy atom. The molecule has 0 amide bonds. The lowest BCUT2D eigenvalue weighted by Crippen LogP contribution is -1.97. The van der Waals surface area contributed by atoms with Crippen molar-refractivity contribution < 1.29 is 29.7 Å². The van der Waals surface area contributed by atoms with Crippen LogP contribution in [0.5, 0.6) is 0 Å². The second-order valence-corrected chi connectivity index (χ2v) is 3.85. The van der Waals surface area contributed by atoms with E-state index in [0.717, 1.165) is 19.3 Å². The molecule has 0 radical (unpaired) electrons. The molecule has 0 aliphatic heterocycles. The normalized spacial score (nSPS) is 9.17. The van der Waals surface area contributed by atoms with Gasteiger partial charge in [0.1, 0.15) is 0 Å². The lowest BCUT2D eigenvalue weighted by Gasteiger charge is -1.92. The van der Waals surface area contributed by atoms with Crippen molar-refractivity contribution in [2.24, 2.45) is 0 Å². The van der Waals surface area contributed by atoms with Crippen molar-refractivity contribution in [2.75, 3.05) is 0 Å². The van der Waals surface area contributed by atoms with Crippen LogP contribution in [0.2, 0.25) is 0 Å². The van der Waals surface area contributed by atoms with Gasteiger partial charge < -0.3 is 15.3 Å². The van der Waals surface area contributed by atoms with Crippen molar-refractivity contribution >= 4 is 17.9 Å². The highest BCUT2D eigenvalue weighted by Gasteiger charge is 1.99. The molecule has 0 saturated carbocycles. The van der Waals surface area contributed by atoms with Gasteiger partial charge in [-0.05, 0) is 19.3 Å². The molecule has 6 heteroatoms. The lowest BCUT2D eigenvalue weighted by molar-refractivity contribution is -0.139. The number of rotatable bonds is 9. The fraction of sp³-hybridized carbons (Fsp3) is 0.750. The van der Waals surface area contributed by atoms with Gasteiger partial charge in [-0.25, -0.2) is 0 Å². The first kappa shape index (κ1) is 18.8. The first-order valence-electron chi connectivity index (χ1n) is 6.05. The Bertz CT molecular complexity index is 233. The summed E-state index contributed by atoms with van der Waals surface area (Å²) in [6.45, 7) is 2.06. The number of carboxylic acid groups (broad SMARTS) is 3. The van der Waals surface area contributed by atoms with Crippen molar-refractivity contribution in [1.29, 1.82) is 0 Å². The number of aliphatic carboxylic acids is 3. The third-order valence-corrected chi connectivity index (χ3v) is 2.03. The van der Waals surface area contributed by atoms with E-state index in [0.29, 0.717) is 19.3 Å². The first-order chi connectivity index (χ1) is 8.40. The monoisotopic (exact) mass is 262 g/mol. The maximum Gasteiger partial charge on any atom is 0.303 e. The van der Waals surface area contributed by atoms with Crippen LogP contribution in [0.15, 0.2) is 0 Å². The van der Waals surface area contributed by atoms with Crippen LogP contribution in [0.25, 0.3) is 0 Å². The van der Waals surface area contributed by atoms with E-state index >= 15 is 0 Å². The van der Waals surface area contributed by atoms with Crippen molar-refractivity contribution in [1.82, 2.24) is 0 Å². The minimum absolute atomic E-state index is 0.0628.